The molecule has 17 heavy (non-hydrogen) atoms. The zero-order chi connectivity index (χ0) is 13.4. The first-order valence-corrected chi connectivity index (χ1v) is 4.33. The minimum atomic E-state index is -5.57. The summed E-state index contributed by atoms with van der Waals surface area (Å²) in [6.45, 7) is 0. The van der Waals surface area contributed by atoms with Crippen LogP contribution in [-0.4, -0.2) is 17.7 Å². The first kappa shape index (κ1) is 13.5. The Morgan fingerprint density at radius 1 is 1.12 bits per heavy atom. The minimum absolute atomic E-state index is 0.211. The van der Waals surface area contributed by atoms with Crippen LogP contribution in [0.5, 0.6) is 0 Å². The van der Waals surface area contributed by atoms with E-state index < -0.39 is 29.5 Å². The lowest BCUT2D eigenvalue weighted by molar-refractivity contribution is -0.305. The number of benzene rings is 1. The molecule has 3 nitrogen and oxygen atoms in total. The standard InChI is InChI=1S/C9H9F5N2O/c10-7(11)8(17,9(12,13)14)5-3-4(15)1-2-6(5)16/h1-3,7,17H,15-16H2. The Kier molecular flexibility index (Phi) is 3.19. The molecule has 0 aliphatic carbocycles. The number of nitrogens with two attached hydrogens (primary N) is 2. The highest BCUT2D eigenvalue weighted by molar-refractivity contribution is 5.58. The van der Waals surface area contributed by atoms with Gasteiger partial charge in [-0.2, -0.15) is 13.2 Å². The summed E-state index contributed by atoms with van der Waals surface area (Å²) in [5.74, 6) is 0. The third-order valence-electron chi connectivity index (χ3n) is 2.24. The van der Waals surface area contributed by atoms with Crippen molar-refractivity contribution in [1.82, 2.24) is 0 Å². The molecule has 0 saturated carbocycles. The summed E-state index contributed by atoms with van der Waals surface area (Å²) in [4.78, 5) is 0. The molecule has 0 aliphatic rings. The van der Waals surface area contributed by atoms with Crippen molar-refractivity contribution in [3.05, 3.63) is 23.8 Å². The lowest BCUT2D eigenvalue weighted by atomic mass is 9.91. The molecule has 1 rings (SSSR count). The number of anilines is 2. The van der Waals surface area contributed by atoms with Gasteiger partial charge in [0.05, 0.1) is 0 Å². The third kappa shape index (κ3) is 2.12. The second-order valence-electron chi connectivity index (χ2n) is 3.41. The molecule has 1 aromatic carbocycles. The highest BCUT2D eigenvalue weighted by Gasteiger charge is 2.62. The van der Waals surface area contributed by atoms with Crippen molar-refractivity contribution in [1.29, 1.82) is 0 Å². The summed E-state index contributed by atoms with van der Waals surface area (Å²) < 4.78 is 62.6. The zero-order valence-corrected chi connectivity index (χ0v) is 8.30. The number of hydrogen-bond donors (Lipinski definition) is 3. The van der Waals surface area contributed by atoms with Crippen molar-refractivity contribution in [2.24, 2.45) is 0 Å². The molecule has 0 spiro atoms. The van der Waals surface area contributed by atoms with Gasteiger partial charge in [-0.1, -0.05) is 0 Å². The van der Waals surface area contributed by atoms with Crippen LogP contribution in [0.15, 0.2) is 18.2 Å². The summed E-state index contributed by atoms with van der Waals surface area (Å²) in [6, 6.07) is 2.64. The molecule has 5 N–H and O–H groups in total. The van der Waals surface area contributed by atoms with Gasteiger partial charge in [0, 0.05) is 16.9 Å². The van der Waals surface area contributed by atoms with Crippen LogP contribution in [0.4, 0.5) is 33.3 Å². The fourth-order valence-corrected chi connectivity index (χ4v) is 1.30. The average Bonchev–Trinajstić information content (AvgIpc) is 2.18. The Morgan fingerprint density at radius 2 is 1.65 bits per heavy atom. The van der Waals surface area contributed by atoms with Gasteiger partial charge >= 0.3 is 6.18 Å². The van der Waals surface area contributed by atoms with Crippen LogP contribution >= 0.6 is 0 Å². The Bertz CT molecular complexity index is 420. The van der Waals surface area contributed by atoms with Crippen molar-refractivity contribution >= 4 is 11.4 Å². The molecule has 0 aliphatic heterocycles. The fourth-order valence-electron chi connectivity index (χ4n) is 1.30. The largest absolute Gasteiger partial charge is 0.427 e. The van der Waals surface area contributed by atoms with Crippen LogP contribution in [0.25, 0.3) is 0 Å². The lowest BCUT2D eigenvalue weighted by Crippen LogP contribution is -2.48. The maximum absolute atomic E-state index is 12.5. The van der Waals surface area contributed by atoms with Crippen molar-refractivity contribution in [3.63, 3.8) is 0 Å². The molecule has 0 fully saturated rings. The molecule has 1 atom stereocenters. The van der Waals surface area contributed by atoms with Crippen molar-refractivity contribution < 1.29 is 27.1 Å². The van der Waals surface area contributed by atoms with Gasteiger partial charge in [-0.15, -0.1) is 0 Å². The molecule has 1 unspecified atom stereocenters. The van der Waals surface area contributed by atoms with Crippen LogP contribution in [0, 0.1) is 0 Å². The zero-order valence-electron chi connectivity index (χ0n) is 8.30. The SMILES string of the molecule is Nc1ccc(N)c(C(O)(C(F)F)C(F)(F)F)c1. The molecule has 1 aromatic rings. The van der Waals surface area contributed by atoms with E-state index in [-0.39, 0.29) is 5.69 Å². The molecule has 96 valence electrons. The Balaban J connectivity index is 3.48. The summed E-state index contributed by atoms with van der Waals surface area (Å²) in [5, 5.41) is 9.19. The third-order valence-corrected chi connectivity index (χ3v) is 2.24. The molecular weight excluding hydrogens is 247 g/mol. The molecular formula is C9H9F5N2O. The topological polar surface area (TPSA) is 72.3 Å². The number of nitrogen functional groups attached to an aromatic ring is 2. The molecule has 0 bridgehead atoms. The molecule has 0 heterocycles. The molecule has 8 heteroatoms. The second-order valence-corrected chi connectivity index (χ2v) is 3.41. The molecule has 0 radical (unpaired) electrons. The van der Waals surface area contributed by atoms with E-state index in [0.717, 1.165) is 12.1 Å². The lowest BCUT2D eigenvalue weighted by Gasteiger charge is -2.31. The van der Waals surface area contributed by atoms with Gasteiger partial charge in [-0.3, -0.25) is 0 Å². The minimum Gasteiger partial charge on any atom is -0.399 e. The van der Waals surface area contributed by atoms with Gasteiger partial charge < -0.3 is 16.6 Å². The highest BCUT2D eigenvalue weighted by atomic mass is 19.4. The Hall–Kier alpha value is -1.57. The first-order chi connectivity index (χ1) is 7.60. The van der Waals surface area contributed by atoms with E-state index >= 15 is 0 Å². The van der Waals surface area contributed by atoms with Crippen LogP contribution in [0.1, 0.15) is 5.56 Å². The van der Waals surface area contributed by atoms with Crippen LogP contribution in [-0.2, 0) is 5.60 Å². The van der Waals surface area contributed by atoms with Gasteiger partial charge in [-0.05, 0) is 18.2 Å². The van der Waals surface area contributed by atoms with Crippen LogP contribution < -0.4 is 11.5 Å². The number of rotatable bonds is 2. The number of aliphatic hydroxyl groups is 1. The van der Waals surface area contributed by atoms with Gasteiger partial charge in [0.1, 0.15) is 0 Å². The van der Waals surface area contributed by atoms with Crippen molar-refractivity contribution in [2.45, 2.75) is 18.2 Å². The number of alkyl halides is 5. The maximum Gasteiger partial charge on any atom is 0.427 e. The first-order valence-electron chi connectivity index (χ1n) is 4.33. The number of halogens is 5. The molecule has 0 amide bonds. The van der Waals surface area contributed by atoms with Gasteiger partial charge in [-0.25, -0.2) is 8.78 Å². The summed E-state index contributed by atoms with van der Waals surface area (Å²) in [6.07, 6.45) is -9.64. The molecule has 0 saturated heterocycles. The van der Waals surface area contributed by atoms with Crippen LogP contribution in [0.2, 0.25) is 0 Å². The predicted octanol–water partition coefficient (Wildman–Crippen LogP) is 1.87. The van der Waals surface area contributed by atoms with E-state index in [4.69, 9.17) is 11.5 Å². The summed E-state index contributed by atoms with van der Waals surface area (Å²) >= 11 is 0. The van der Waals surface area contributed by atoms with E-state index in [0.29, 0.717) is 6.07 Å². The quantitative estimate of drug-likeness (QED) is 0.558. The predicted molar refractivity (Wildman–Crippen MR) is 51.2 cm³/mol. The maximum atomic E-state index is 12.5. The van der Waals surface area contributed by atoms with E-state index in [9.17, 15) is 27.1 Å². The van der Waals surface area contributed by atoms with E-state index in [1.165, 1.54) is 0 Å². The second kappa shape index (κ2) is 4.02. The Labute approximate surface area is 92.8 Å². The van der Waals surface area contributed by atoms with Crippen molar-refractivity contribution in [2.75, 3.05) is 11.5 Å². The van der Waals surface area contributed by atoms with Crippen molar-refractivity contribution in [3.8, 4) is 0 Å². The highest BCUT2D eigenvalue weighted by Crippen LogP contribution is 2.45. The fraction of sp³-hybridized carbons (Fsp3) is 0.333. The Morgan fingerprint density at radius 3 is 2.06 bits per heavy atom. The van der Waals surface area contributed by atoms with Gasteiger partial charge in [0.2, 0.25) is 5.60 Å². The monoisotopic (exact) mass is 256 g/mol. The molecule has 0 aromatic heterocycles. The average molecular weight is 256 g/mol. The van der Waals surface area contributed by atoms with E-state index in [2.05, 4.69) is 0 Å². The summed E-state index contributed by atoms with van der Waals surface area (Å²) in [5.41, 5.74) is 4.05. The smallest absolute Gasteiger partial charge is 0.399 e. The van der Waals surface area contributed by atoms with Gasteiger partial charge in [0.25, 0.3) is 6.43 Å². The van der Waals surface area contributed by atoms with E-state index in [1.54, 1.807) is 0 Å². The normalized spacial score (nSPS) is 15.9. The van der Waals surface area contributed by atoms with E-state index in [1.807, 2.05) is 0 Å². The summed E-state index contributed by atoms with van der Waals surface area (Å²) in [7, 11) is 0. The van der Waals surface area contributed by atoms with Crippen LogP contribution in [0.3, 0.4) is 0 Å². The van der Waals surface area contributed by atoms with Gasteiger partial charge in [0.15, 0.2) is 0 Å². The number of hydrogen-bond acceptors (Lipinski definition) is 3.